The van der Waals surface area contributed by atoms with E-state index >= 15 is 0 Å². The third kappa shape index (κ3) is 3.18. The minimum absolute atomic E-state index is 1.05. The predicted octanol–water partition coefficient (Wildman–Crippen LogP) is 6.90. The zero-order valence-corrected chi connectivity index (χ0v) is 15.2. The third-order valence-electron chi connectivity index (χ3n) is 3.80. The van der Waals surface area contributed by atoms with Crippen LogP contribution in [-0.2, 0) is 0 Å². The van der Waals surface area contributed by atoms with Gasteiger partial charge in [0.15, 0.2) is 0 Å². The van der Waals surface area contributed by atoms with Gasteiger partial charge in [-0.1, -0.05) is 82.7 Å². The highest BCUT2D eigenvalue weighted by Gasteiger charge is 2.07. The summed E-state index contributed by atoms with van der Waals surface area (Å²) in [6.07, 6.45) is 4.25. The molecule has 0 unspecified atom stereocenters. The van der Waals surface area contributed by atoms with Crippen molar-refractivity contribution >= 4 is 49.6 Å². The summed E-state index contributed by atoms with van der Waals surface area (Å²) in [5.41, 5.74) is 4.55. The molecule has 0 aliphatic rings. The molecule has 0 saturated heterocycles. The minimum Gasteiger partial charge on any atom is -0.236 e. The van der Waals surface area contributed by atoms with Gasteiger partial charge in [0.1, 0.15) is 5.01 Å². The second kappa shape index (κ2) is 6.71. The van der Waals surface area contributed by atoms with E-state index in [1.54, 1.807) is 11.3 Å². The van der Waals surface area contributed by atoms with E-state index in [1.165, 1.54) is 10.3 Å². The second-order valence-electron chi connectivity index (χ2n) is 5.47. The maximum absolute atomic E-state index is 4.73. The van der Waals surface area contributed by atoms with Gasteiger partial charge in [0.05, 0.1) is 10.2 Å². The molecule has 3 heteroatoms. The van der Waals surface area contributed by atoms with Crippen molar-refractivity contribution in [1.29, 1.82) is 0 Å². The molecule has 1 heterocycles. The number of aromatic nitrogens is 1. The Morgan fingerprint density at radius 3 is 2.42 bits per heavy atom. The molecule has 1 aromatic heterocycles. The van der Waals surface area contributed by atoms with E-state index in [0.717, 1.165) is 26.1 Å². The summed E-state index contributed by atoms with van der Waals surface area (Å²) in [5.74, 6) is 0. The molecule has 4 aromatic rings. The Bertz CT molecular complexity index is 985. The summed E-state index contributed by atoms with van der Waals surface area (Å²) < 4.78 is 2.29. The summed E-state index contributed by atoms with van der Waals surface area (Å²) in [5, 5.41) is 1.05. The molecule has 116 valence electrons. The van der Waals surface area contributed by atoms with Crippen molar-refractivity contribution in [2.75, 3.05) is 0 Å². The van der Waals surface area contributed by atoms with Crippen molar-refractivity contribution in [3.63, 3.8) is 0 Å². The lowest BCUT2D eigenvalue weighted by Gasteiger charge is -2.02. The smallest absolute Gasteiger partial charge is 0.124 e. The number of hydrogen-bond donors (Lipinski definition) is 0. The fraction of sp³-hybridized carbons (Fsp3) is 0. The first-order valence-corrected chi connectivity index (χ1v) is 9.29. The number of halogens is 1. The quantitative estimate of drug-likeness (QED) is 0.346. The van der Waals surface area contributed by atoms with Gasteiger partial charge in [0, 0.05) is 10.0 Å². The molecule has 0 aliphatic heterocycles. The van der Waals surface area contributed by atoms with Gasteiger partial charge in [-0.2, -0.15) is 0 Å². The number of thiazole rings is 1. The average molecular weight is 392 g/mol. The van der Waals surface area contributed by atoms with Crippen LogP contribution in [0, 0.1) is 0 Å². The molecule has 24 heavy (non-hydrogen) atoms. The highest BCUT2D eigenvalue weighted by atomic mass is 79.9. The van der Waals surface area contributed by atoms with Gasteiger partial charge >= 0.3 is 0 Å². The molecule has 0 atom stereocenters. The van der Waals surface area contributed by atoms with E-state index < -0.39 is 0 Å². The highest BCUT2D eigenvalue weighted by molar-refractivity contribution is 9.10. The van der Waals surface area contributed by atoms with Crippen LogP contribution in [0.1, 0.15) is 11.1 Å². The molecular weight excluding hydrogens is 378 g/mol. The van der Waals surface area contributed by atoms with Crippen LogP contribution in [0.2, 0.25) is 0 Å². The van der Waals surface area contributed by atoms with Crippen molar-refractivity contribution < 1.29 is 0 Å². The van der Waals surface area contributed by atoms with E-state index in [4.69, 9.17) is 4.98 Å². The Hall–Kier alpha value is -2.23. The van der Waals surface area contributed by atoms with Gasteiger partial charge < -0.3 is 0 Å². The Kier molecular flexibility index (Phi) is 4.28. The van der Waals surface area contributed by atoms with Gasteiger partial charge in [0.2, 0.25) is 0 Å². The molecule has 0 spiro atoms. The Balaban J connectivity index is 1.65. The summed E-state index contributed by atoms with van der Waals surface area (Å²) in [4.78, 5) is 4.73. The van der Waals surface area contributed by atoms with Crippen LogP contribution in [0.25, 0.3) is 32.9 Å². The monoisotopic (exact) mass is 391 g/mol. The largest absolute Gasteiger partial charge is 0.236 e. The predicted molar refractivity (Wildman–Crippen MR) is 108 cm³/mol. The van der Waals surface area contributed by atoms with Crippen LogP contribution < -0.4 is 0 Å². The van der Waals surface area contributed by atoms with E-state index in [9.17, 15) is 0 Å². The van der Waals surface area contributed by atoms with Crippen LogP contribution in [-0.4, -0.2) is 4.98 Å². The van der Waals surface area contributed by atoms with Crippen LogP contribution in [0.3, 0.4) is 0 Å². The van der Waals surface area contributed by atoms with Crippen molar-refractivity contribution in [3.05, 3.63) is 88.4 Å². The fourth-order valence-electron chi connectivity index (χ4n) is 2.54. The first kappa shape index (κ1) is 15.3. The summed E-state index contributed by atoms with van der Waals surface area (Å²) in [6, 6.07) is 25.0. The molecule has 0 saturated carbocycles. The molecular formula is C21H14BrNS. The molecule has 0 bridgehead atoms. The number of nitrogens with zero attached hydrogens (tertiary/aromatic N) is 1. The second-order valence-corrected chi connectivity index (χ2v) is 7.35. The summed E-state index contributed by atoms with van der Waals surface area (Å²) in [6.45, 7) is 0. The van der Waals surface area contributed by atoms with Gasteiger partial charge in [0.25, 0.3) is 0 Å². The molecule has 4 rings (SSSR count). The van der Waals surface area contributed by atoms with Gasteiger partial charge in [-0.3, -0.25) is 0 Å². The first-order valence-electron chi connectivity index (χ1n) is 7.68. The number of para-hydroxylation sites is 1. The maximum atomic E-state index is 4.73. The third-order valence-corrected chi connectivity index (χ3v) is 5.57. The van der Waals surface area contributed by atoms with Crippen LogP contribution in [0.4, 0.5) is 0 Å². The zero-order chi connectivity index (χ0) is 16.4. The van der Waals surface area contributed by atoms with Gasteiger partial charge in [-0.25, -0.2) is 4.98 Å². The number of fused-ring (bicyclic) bond motifs is 1. The molecule has 0 fully saturated rings. The summed E-state index contributed by atoms with van der Waals surface area (Å²) in [7, 11) is 0. The van der Waals surface area contributed by atoms with Crippen LogP contribution >= 0.6 is 27.3 Å². The maximum Gasteiger partial charge on any atom is 0.124 e. The summed E-state index contributed by atoms with van der Waals surface area (Å²) >= 11 is 5.41. The number of benzene rings is 3. The van der Waals surface area contributed by atoms with E-state index in [1.807, 2.05) is 24.3 Å². The number of rotatable bonds is 3. The Labute approximate surface area is 153 Å². The van der Waals surface area contributed by atoms with E-state index in [2.05, 4.69) is 76.6 Å². The van der Waals surface area contributed by atoms with Crippen molar-refractivity contribution in [2.24, 2.45) is 0 Å². The Morgan fingerprint density at radius 2 is 1.62 bits per heavy atom. The number of hydrogen-bond acceptors (Lipinski definition) is 2. The van der Waals surface area contributed by atoms with Crippen molar-refractivity contribution in [1.82, 2.24) is 4.98 Å². The van der Waals surface area contributed by atoms with E-state index in [0.29, 0.717) is 0 Å². The molecule has 3 aromatic carbocycles. The van der Waals surface area contributed by atoms with Crippen LogP contribution in [0.5, 0.6) is 0 Å². The van der Waals surface area contributed by atoms with Crippen molar-refractivity contribution in [2.45, 2.75) is 0 Å². The minimum atomic E-state index is 1.05. The van der Waals surface area contributed by atoms with Crippen LogP contribution in [0.15, 0.2) is 77.3 Å². The van der Waals surface area contributed by atoms with E-state index in [-0.39, 0.29) is 0 Å². The molecule has 1 nitrogen and oxygen atoms in total. The lowest BCUT2D eigenvalue weighted by molar-refractivity contribution is 1.47. The highest BCUT2D eigenvalue weighted by Crippen LogP contribution is 2.32. The molecule has 0 aliphatic carbocycles. The Morgan fingerprint density at radius 1 is 0.833 bits per heavy atom. The topological polar surface area (TPSA) is 12.9 Å². The lowest BCUT2D eigenvalue weighted by Crippen LogP contribution is -1.80. The zero-order valence-electron chi connectivity index (χ0n) is 12.8. The normalized spacial score (nSPS) is 11.4. The average Bonchev–Trinajstić information content (AvgIpc) is 3.06. The fourth-order valence-corrected chi connectivity index (χ4v) is 4.01. The lowest BCUT2D eigenvalue weighted by atomic mass is 10.1. The first-order chi connectivity index (χ1) is 11.8. The van der Waals surface area contributed by atoms with Gasteiger partial charge in [-0.15, -0.1) is 11.3 Å². The molecule has 0 amide bonds. The molecule has 0 N–H and O–H groups in total. The standard InChI is InChI=1S/C21H14BrNS/c22-18-14-17(21-23-19-8-4-5-9-20(19)24-21)13-12-16(18)11-10-15-6-2-1-3-7-15/h1-14H. The van der Waals surface area contributed by atoms with Gasteiger partial charge in [-0.05, 0) is 29.3 Å². The molecule has 0 radical (unpaired) electrons. The van der Waals surface area contributed by atoms with Crippen molar-refractivity contribution in [3.8, 4) is 10.6 Å². The SMILES string of the molecule is Brc1cc(-c2nc3ccccc3s2)ccc1C=Cc1ccccc1.